The van der Waals surface area contributed by atoms with Crippen molar-refractivity contribution >= 4 is 14.4 Å². The van der Waals surface area contributed by atoms with Gasteiger partial charge in [0, 0.05) is 12.6 Å². The molecule has 0 unspecified atom stereocenters. The smallest absolute Gasteiger partial charge is 0.410 e. The van der Waals surface area contributed by atoms with Crippen LogP contribution in [0.5, 0.6) is 0 Å². The first-order valence-electron chi connectivity index (χ1n) is 7.90. The molecule has 1 heterocycles. The van der Waals surface area contributed by atoms with E-state index in [-0.39, 0.29) is 23.3 Å². The van der Waals surface area contributed by atoms with E-state index < -0.39 is 13.9 Å². The van der Waals surface area contributed by atoms with Gasteiger partial charge in [-0.2, -0.15) is 0 Å². The predicted octanol–water partition coefficient (Wildman–Crippen LogP) is 4.41. The van der Waals surface area contributed by atoms with E-state index in [0.717, 1.165) is 6.42 Å². The number of nitrogens with zero attached hydrogens (tertiary/aromatic N) is 1. The number of amides is 1. The molecule has 1 amide bonds. The maximum atomic E-state index is 12.2. The average molecular weight is 316 g/mol. The third-order valence-electron chi connectivity index (χ3n) is 4.43. The quantitative estimate of drug-likeness (QED) is 0.709. The molecule has 0 aromatic carbocycles. The predicted molar refractivity (Wildman–Crippen MR) is 89.1 cm³/mol. The summed E-state index contributed by atoms with van der Waals surface area (Å²) in [7, 11) is -1.79. The summed E-state index contributed by atoms with van der Waals surface area (Å²) in [6.07, 6.45) is 0.802. The van der Waals surface area contributed by atoms with Gasteiger partial charge in [0.25, 0.3) is 0 Å². The number of carbonyl (C=O) groups excluding carboxylic acids is 1. The summed E-state index contributed by atoms with van der Waals surface area (Å²) in [4.78, 5) is 14.0. The highest BCUT2D eigenvalue weighted by Gasteiger charge is 2.43. The number of carbonyl (C=O) groups is 1. The van der Waals surface area contributed by atoms with Gasteiger partial charge in [0.05, 0.1) is 6.10 Å². The fourth-order valence-electron chi connectivity index (χ4n) is 2.24. The molecule has 0 N–H and O–H groups in total. The maximum absolute atomic E-state index is 12.2. The minimum atomic E-state index is -1.79. The summed E-state index contributed by atoms with van der Waals surface area (Å²) in [5.41, 5.74) is -0.449. The highest BCUT2D eigenvalue weighted by Crippen LogP contribution is 2.39. The molecule has 1 aliphatic heterocycles. The van der Waals surface area contributed by atoms with Crippen molar-refractivity contribution in [3.05, 3.63) is 0 Å². The molecule has 1 fully saturated rings. The SMILES string of the molecule is C[C@@H]1C[C@H](O[Si](C)(C)C(C)(C)C)CN1C(=O)OC(C)(C)C. The standard InChI is InChI=1S/C16H33NO3Si/c1-12-10-13(20-21(8,9)16(5,6)7)11-17(12)14(18)19-15(2,3)4/h12-13H,10-11H2,1-9H3/t12-,13+/m1/s1. The fraction of sp³-hybridized carbons (Fsp3) is 0.938. The maximum Gasteiger partial charge on any atom is 0.410 e. The van der Waals surface area contributed by atoms with E-state index in [0.29, 0.717) is 6.54 Å². The molecule has 124 valence electrons. The summed E-state index contributed by atoms with van der Waals surface area (Å²) >= 11 is 0. The van der Waals surface area contributed by atoms with Crippen molar-refractivity contribution < 1.29 is 14.0 Å². The van der Waals surface area contributed by atoms with Gasteiger partial charge >= 0.3 is 6.09 Å². The minimum Gasteiger partial charge on any atom is -0.444 e. The van der Waals surface area contributed by atoms with Gasteiger partial charge in [-0.3, -0.25) is 0 Å². The van der Waals surface area contributed by atoms with E-state index in [1.807, 2.05) is 25.7 Å². The lowest BCUT2D eigenvalue weighted by Crippen LogP contribution is -2.45. The van der Waals surface area contributed by atoms with Crippen LogP contribution in [0.15, 0.2) is 0 Å². The highest BCUT2D eigenvalue weighted by atomic mass is 28.4. The Morgan fingerprint density at radius 1 is 1.14 bits per heavy atom. The van der Waals surface area contributed by atoms with Crippen LogP contribution in [0.4, 0.5) is 4.79 Å². The Morgan fingerprint density at radius 3 is 2.10 bits per heavy atom. The monoisotopic (exact) mass is 315 g/mol. The lowest BCUT2D eigenvalue weighted by molar-refractivity contribution is 0.0222. The third kappa shape index (κ3) is 4.99. The molecule has 1 aliphatic rings. The largest absolute Gasteiger partial charge is 0.444 e. The Hall–Kier alpha value is -0.553. The van der Waals surface area contributed by atoms with Gasteiger partial charge in [-0.05, 0) is 52.2 Å². The number of likely N-dealkylation sites (tertiary alicyclic amines) is 1. The Balaban J connectivity index is 2.67. The van der Waals surface area contributed by atoms with Crippen molar-refractivity contribution in [2.75, 3.05) is 6.54 Å². The summed E-state index contributed by atoms with van der Waals surface area (Å²) in [6, 6.07) is 0.176. The third-order valence-corrected chi connectivity index (χ3v) is 8.97. The van der Waals surface area contributed by atoms with Crippen LogP contribution in [0.25, 0.3) is 0 Å². The van der Waals surface area contributed by atoms with Gasteiger partial charge in [-0.1, -0.05) is 20.8 Å². The van der Waals surface area contributed by atoms with Crippen LogP contribution in [0.2, 0.25) is 18.1 Å². The molecular weight excluding hydrogens is 282 g/mol. The van der Waals surface area contributed by atoms with Crippen molar-refractivity contribution in [3.63, 3.8) is 0 Å². The molecule has 1 rings (SSSR count). The molecule has 0 spiro atoms. The lowest BCUT2D eigenvalue weighted by Gasteiger charge is -2.38. The van der Waals surface area contributed by atoms with Crippen LogP contribution in [-0.2, 0) is 9.16 Å². The first-order chi connectivity index (χ1) is 9.23. The van der Waals surface area contributed by atoms with Gasteiger partial charge in [-0.25, -0.2) is 4.79 Å². The first-order valence-corrected chi connectivity index (χ1v) is 10.8. The highest BCUT2D eigenvalue weighted by molar-refractivity contribution is 6.74. The minimum absolute atomic E-state index is 0.133. The topological polar surface area (TPSA) is 38.8 Å². The molecule has 1 saturated heterocycles. The Kier molecular flexibility index (Phi) is 5.21. The molecule has 4 nitrogen and oxygen atoms in total. The summed E-state index contributed by atoms with van der Waals surface area (Å²) in [5.74, 6) is 0. The summed E-state index contributed by atoms with van der Waals surface area (Å²) in [5, 5.41) is 0.190. The number of hydrogen-bond acceptors (Lipinski definition) is 3. The Labute approximate surface area is 131 Å². The van der Waals surface area contributed by atoms with Crippen LogP contribution in [-0.4, -0.2) is 43.6 Å². The van der Waals surface area contributed by atoms with E-state index in [4.69, 9.17) is 9.16 Å². The molecule has 0 saturated carbocycles. The van der Waals surface area contributed by atoms with E-state index in [9.17, 15) is 4.79 Å². The second-order valence-electron chi connectivity index (χ2n) is 8.72. The molecule has 0 radical (unpaired) electrons. The van der Waals surface area contributed by atoms with Crippen molar-refractivity contribution in [1.82, 2.24) is 4.90 Å². The van der Waals surface area contributed by atoms with Crippen LogP contribution in [0.3, 0.4) is 0 Å². The number of rotatable bonds is 2. The number of hydrogen-bond donors (Lipinski definition) is 0. The number of ether oxygens (including phenoxy) is 1. The molecule has 21 heavy (non-hydrogen) atoms. The van der Waals surface area contributed by atoms with E-state index in [1.165, 1.54) is 0 Å². The molecule has 2 atom stereocenters. The molecular formula is C16H33NO3Si. The molecule has 0 aromatic heterocycles. The lowest BCUT2D eigenvalue weighted by atomic mass is 10.2. The van der Waals surface area contributed by atoms with Gasteiger partial charge in [0.2, 0.25) is 0 Å². The van der Waals surface area contributed by atoms with Crippen LogP contribution in [0, 0.1) is 0 Å². The van der Waals surface area contributed by atoms with E-state index >= 15 is 0 Å². The van der Waals surface area contributed by atoms with Crippen LogP contribution in [0.1, 0.15) is 54.9 Å². The van der Waals surface area contributed by atoms with Gasteiger partial charge in [0.1, 0.15) is 5.60 Å². The van der Waals surface area contributed by atoms with Crippen LogP contribution >= 0.6 is 0 Å². The first kappa shape index (κ1) is 18.5. The van der Waals surface area contributed by atoms with Crippen molar-refractivity contribution in [2.45, 2.75) is 90.8 Å². The van der Waals surface area contributed by atoms with Crippen LogP contribution < -0.4 is 0 Å². The van der Waals surface area contributed by atoms with E-state index in [1.54, 1.807) is 0 Å². The Bertz CT molecular complexity index is 382. The fourth-order valence-corrected chi connectivity index (χ4v) is 3.59. The van der Waals surface area contributed by atoms with Crippen molar-refractivity contribution in [2.24, 2.45) is 0 Å². The molecule has 0 bridgehead atoms. The van der Waals surface area contributed by atoms with Crippen molar-refractivity contribution in [3.8, 4) is 0 Å². The zero-order valence-electron chi connectivity index (χ0n) is 15.2. The molecule has 0 aromatic rings. The summed E-state index contributed by atoms with van der Waals surface area (Å²) in [6.45, 7) is 19.6. The second kappa shape index (κ2) is 5.92. The van der Waals surface area contributed by atoms with Gasteiger partial charge in [0.15, 0.2) is 8.32 Å². The zero-order valence-corrected chi connectivity index (χ0v) is 16.2. The summed E-state index contributed by atoms with van der Waals surface area (Å²) < 4.78 is 11.9. The molecule has 5 heteroatoms. The van der Waals surface area contributed by atoms with Gasteiger partial charge < -0.3 is 14.1 Å². The second-order valence-corrected chi connectivity index (χ2v) is 13.5. The Morgan fingerprint density at radius 2 is 1.67 bits per heavy atom. The normalized spacial score (nSPS) is 24.3. The van der Waals surface area contributed by atoms with Crippen molar-refractivity contribution in [1.29, 1.82) is 0 Å². The average Bonchev–Trinajstić information content (AvgIpc) is 2.54. The molecule has 0 aliphatic carbocycles. The van der Waals surface area contributed by atoms with E-state index in [2.05, 4.69) is 40.8 Å². The van der Waals surface area contributed by atoms with Gasteiger partial charge in [-0.15, -0.1) is 0 Å². The zero-order chi connectivity index (χ0) is 16.6.